The molecule has 0 atom stereocenters. The highest BCUT2D eigenvalue weighted by Gasteiger charge is 2.14. The van der Waals surface area contributed by atoms with Crippen LogP contribution in [0.25, 0.3) is 10.7 Å². The van der Waals surface area contributed by atoms with Gasteiger partial charge in [0.25, 0.3) is 11.5 Å². The number of H-pyrrole nitrogens is 1. The molecule has 130 valence electrons. The summed E-state index contributed by atoms with van der Waals surface area (Å²) >= 11 is 1.46. The van der Waals surface area contributed by atoms with Gasteiger partial charge in [-0.05, 0) is 23.8 Å². The molecule has 25 heavy (non-hydrogen) atoms. The Morgan fingerprint density at radius 2 is 2.28 bits per heavy atom. The highest BCUT2D eigenvalue weighted by Crippen LogP contribution is 2.19. The average molecular weight is 358 g/mol. The van der Waals surface area contributed by atoms with Gasteiger partial charge in [-0.1, -0.05) is 25.1 Å². The smallest absolute Gasteiger partial charge is 0.264 e. The topological polar surface area (TPSA) is 101 Å². The number of aromatic nitrogens is 3. The van der Waals surface area contributed by atoms with Gasteiger partial charge < -0.3 is 14.8 Å². The summed E-state index contributed by atoms with van der Waals surface area (Å²) < 4.78 is 5.19. The molecule has 0 unspecified atom stereocenters. The van der Waals surface area contributed by atoms with Gasteiger partial charge in [0.1, 0.15) is 11.4 Å². The van der Waals surface area contributed by atoms with Crippen LogP contribution in [-0.2, 0) is 13.0 Å². The first-order valence-electron chi connectivity index (χ1n) is 7.89. The van der Waals surface area contributed by atoms with E-state index in [4.69, 9.17) is 4.52 Å². The molecule has 0 aromatic carbocycles. The second-order valence-electron chi connectivity index (χ2n) is 6.02. The predicted molar refractivity (Wildman–Crippen MR) is 94.4 cm³/mol. The van der Waals surface area contributed by atoms with Crippen molar-refractivity contribution in [3.63, 3.8) is 0 Å². The van der Waals surface area contributed by atoms with Crippen molar-refractivity contribution in [3.8, 4) is 10.7 Å². The van der Waals surface area contributed by atoms with E-state index < -0.39 is 11.5 Å². The molecule has 0 radical (unpaired) electrons. The van der Waals surface area contributed by atoms with Crippen LogP contribution in [-0.4, -0.2) is 21.0 Å². The summed E-state index contributed by atoms with van der Waals surface area (Å²) in [5.74, 6) is 0.959. The normalized spacial score (nSPS) is 11.0. The number of nitrogens with one attached hydrogen (secondary N) is 2. The van der Waals surface area contributed by atoms with E-state index in [-0.39, 0.29) is 12.1 Å². The molecule has 0 spiro atoms. The van der Waals surface area contributed by atoms with E-state index in [1.807, 2.05) is 23.6 Å². The Kier molecular flexibility index (Phi) is 5.08. The summed E-state index contributed by atoms with van der Waals surface area (Å²) in [4.78, 5) is 31.9. The van der Waals surface area contributed by atoms with Gasteiger partial charge in [-0.3, -0.25) is 9.59 Å². The third-order valence-electron chi connectivity index (χ3n) is 3.45. The molecule has 1 amide bonds. The third-order valence-corrected chi connectivity index (χ3v) is 4.32. The molecule has 2 N–H and O–H groups in total. The largest absolute Gasteiger partial charge is 0.359 e. The quantitative estimate of drug-likeness (QED) is 0.705. The van der Waals surface area contributed by atoms with Crippen LogP contribution in [0.4, 0.5) is 0 Å². The van der Waals surface area contributed by atoms with Gasteiger partial charge >= 0.3 is 0 Å². The second kappa shape index (κ2) is 7.43. The van der Waals surface area contributed by atoms with Gasteiger partial charge in [0.2, 0.25) is 0 Å². The molecule has 3 aromatic heterocycles. The Bertz CT molecular complexity index is 912. The summed E-state index contributed by atoms with van der Waals surface area (Å²) in [6.45, 7) is 4.35. The first-order valence-corrected chi connectivity index (χ1v) is 8.76. The van der Waals surface area contributed by atoms with Crippen molar-refractivity contribution in [1.29, 1.82) is 0 Å². The molecule has 3 aromatic rings. The third kappa shape index (κ3) is 4.21. The lowest BCUT2D eigenvalue weighted by Crippen LogP contribution is -2.29. The van der Waals surface area contributed by atoms with Crippen LogP contribution in [0, 0.1) is 5.92 Å². The maximum atomic E-state index is 12.2. The summed E-state index contributed by atoms with van der Waals surface area (Å²) in [5.41, 5.74) is 0.329. The van der Waals surface area contributed by atoms with E-state index in [0.29, 0.717) is 17.5 Å². The number of nitrogens with zero attached hydrogens (tertiary/aromatic N) is 2. The molecule has 7 nitrogen and oxygen atoms in total. The molecule has 0 aliphatic carbocycles. The fourth-order valence-electron chi connectivity index (χ4n) is 2.31. The SMILES string of the molecule is CC(C)Cc1cc(CNC(=O)c2cnc(-c3cccs3)[nH]c2=O)on1. The van der Waals surface area contributed by atoms with Crippen molar-refractivity contribution in [1.82, 2.24) is 20.4 Å². The Labute approximate surface area is 148 Å². The van der Waals surface area contributed by atoms with E-state index >= 15 is 0 Å². The van der Waals surface area contributed by atoms with Gasteiger partial charge in [0.15, 0.2) is 5.76 Å². The fraction of sp³-hybridized carbons (Fsp3) is 0.294. The highest BCUT2D eigenvalue weighted by atomic mass is 32.1. The monoisotopic (exact) mass is 358 g/mol. The van der Waals surface area contributed by atoms with Crippen molar-refractivity contribution in [3.05, 3.63) is 57.1 Å². The maximum absolute atomic E-state index is 12.2. The van der Waals surface area contributed by atoms with Gasteiger partial charge in [-0.2, -0.15) is 0 Å². The lowest BCUT2D eigenvalue weighted by atomic mass is 10.1. The van der Waals surface area contributed by atoms with Crippen molar-refractivity contribution >= 4 is 17.2 Å². The number of hydrogen-bond acceptors (Lipinski definition) is 6. The summed E-state index contributed by atoms with van der Waals surface area (Å²) in [6, 6.07) is 5.52. The number of aromatic amines is 1. The zero-order valence-corrected chi connectivity index (χ0v) is 14.7. The Hall–Kier alpha value is -2.74. The van der Waals surface area contributed by atoms with Gasteiger partial charge in [-0.15, -0.1) is 11.3 Å². The van der Waals surface area contributed by atoms with E-state index in [2.05, 4.69) is 34.3 Å². The van der Waals surface area contributed by atoms with Gasteiger partial charge in [0.05, 0.1) is 17.1 Å². The van der Waals surface area contributed by atoms with E-state index in [0.717, 1.165) is 17.0 Å². The number of carbonyl (C=O) groups excluding carboxylic acids is 1. The molecular formula is C17H18N4O3S. The highest BCUT2D eigenvalue weighted by molar-refractivity contribution is 7.13. The molecular weight excluding hydrogens is 340 g/mol. The van der Waals surface area contributed by atoms with Crippen LogP contribution >= 0.6 is 11.3 Å². The fourth-order valence-corrected chi connectivity index (χ4v) is 2.99. The standard InChI is InChI=1S/C17H18N4O3S/c1-10(2)6-11-7-12(24-21-11)8-19-16(22)13-9-18-15(20-17(13)23)14-4-3-5-25-14/h3-5,7,9-10H,6,8H2,1-2H3,(H,19,22)(H,18,20,23). The zero-order valence-electron chi connectivity index (χ0n) is 13.9. The Balaban J connectivity index is 1.65. The first kappa shape index (κ1) is 17.1. The number of hydrogen-bond donors (Lipinski definition) is 2. The van der Waals surface area contributed by atoms with Crippen LogP contribution in [0.3, 0.4) is 0 Å². The zero-order chi connectivity index (χ0) is 17.8. The van der Waals surface area contributed by atoms with Gasteiger partial charge in [-0.25, -0.2) is 4.98 Å². The van der Waals surface area contributed by atoms with E-state index in [9.17, 15) is 9.59 Å². The molecule has 0 fully saturated rings. The van der Waals surface area contributed by atoms with Crippen molar-refractivity contribution in [2.45, 2.75) is 26.8 Å². The summed E-state index contributed by atoms with van der Waals surface area (Å²) in [7, 11) is 0. The molecule has 8 heteroatoms. The molecule has 0 bridgehead atoms. The van der Waals surface area contributed by atoms with Crippen molar-refractivity contribution in [2.24, 2.45) is 5.92 Å². The van der Waals surface area contributed by atoms with E-state index in [1.54, 1.807) is 0 Å². The van der Waals surface area contributed by atoms with Crippen LogP contribution in [0.15, 0.2) is 39.1 Å². The van der Waals surface area contributed by atoms with Crippen LogP contribution < -0.4 is 10.9 Å². The molecule has 3 rings (SSSR count). The van der Waals surface area contributed by atoms with Crippen LogP contribution in [0.1, 0.15) is 35.7 Å². The minimum Gasteiger partial charge on any atom is -0.359 e. The number of carbonyl (C=O) groups is 1. The Morgan fingerprint density at radius 3 is 2.96 bits per heavy atom. The van der Waals surface area contributed by atoms with Gasteiger partial charge in [0, 0.05) is 12.3 Å². The van der Waals surface area contributed by atoms with Crippen LogP contribution in [0.5, 0.6) is 0 Å². The molecule has 0 aliphatic heterocycles. The van der Waals surface area contributed by atoms with Crippen molar-refractivity contribution in [2.75, 3.05) is 0 Å². The number of amides is 1. The molecule has 0 aliphatic rings. The average Bonchev–Trinajstić information content (AvgIpc) is 3.23. The number of thiophene rings is 1. The second-order valence-corrected chi connectivity index (χ2v) is 6.96. The van der Waals surface area contributed by atoms with Crippen LogP contribution in [0.2, 0.25) is 0 Å². The maximum Gasteiger partial charge on any atom is 0.264 e. The molecule has 0 saturated heterocycles. The minimum absolute atomic E-state index is 0.0396. The summed E-state index contributed by atoms with van der Waals surface area (Å²) in [5, 5.41) is 8.50. The first-order chi connectivity index (χ1) is 12.0. The molecule has 3 heterocycles. The Morgan fingerprint density at radius 1 is 1.44 bits per heavy atom. The van der Waals surface area contributed by atoms with E-state index in [1.165, 1.54) is 17.5 Å². The number of rotatable bonds is 6. The minimum atomic E-state index is -0.506. The lowest BCUT2D eigenvalue weighted by Gasteiger charge is -2.03. The summed E-state index contributed by atoms with van der Waals surface area (Å²) in [6.07, 6.45) is 2.10. The lowest BCUT2D eigenvalue weighted by molar-refractivity contribution is 0.0945. The molecule has 0 saturated carbocycles. The van der Waals surface area contributed by atoms with Crippen molar-refractivity contribution < 1.29 is 9.32 Å². The predicted octanol–water partition coefficient (Wildman–Crippen LogP) is 2.61.